The molecule has 0 saturated carbocycles. The summed E-state index contributed by atoms with van der Waals surface area (Å²) in [5.41, 5.74) is 12.5. The van der Waals surface area contributed by atoms with Crippen molar-refractivity contribution in [3.63, 3.8) is 0 Å². The van der Waals surface area contributed by atoms with Crippen LogP contribution in [0.25, 0.3) is 77.4 Å². The third-order valence-corrected chi connectivity index (χ3v) is 10.1. The van der Waals surface area contributed by atoms with E-state index in [2.05, 4.69) is 106 Å². The average molecular weight is 664 g/mol. The normalized spacial score (nSPS) is 13.2. The Labute approximate surface area is 301 Å². The molecule has 7 aromatic carbocycles. The summed E-state index contributed by atoms with van der Waals surface area (Å²) in [5, 5.41) is 2.48. The van der Waals surface area contributed by atoms with Crippen molar-refractivity contribution in [2.75, 3.05) is 0 Å². The largest absolute Gasteiger partial charge is 0.309 e. The van der Waals surface area contributed by atoms with E-state index in [4.69, 9.17) is 21.5 Å². The topological polar surface area (TPSA) is 48.0 Å². The lowest BCUT2D eigenvalue weighted by Crippen LogP contribution is -2.09. The molecule has 0 amide bonds. The highest BCUT2D eigenvalue weighted by molar-refractivity contribution is 6.09. The third-order valence-electron chi connectivity index (χ3n) is 10.1. The van der Waals surface area contributed by atoms with E-state index in [9.17, 15) is 0 Å². The molecular formula is C47H29N5. The first-order valence-corrected chi connectivity index (χ1v) is 17.3. The minimum absolute atomic E-state index is 0.226. The van der Waals surface area contributed by atoms with Gasteiger partial charge in [-0.2, -0.15) is 0 Å². The van der Waals surface area contributed by atoms with Gasteiger partial charge in [-0.1, -0.05) is 133 Å². The van der Waals surface area contributed by atoms with Gasteiger partial charge in [0.15, 0.2) is 17.3 Å². The van der Waals surface area contributed by atoms with Crippen LogP contribution in [0.1, 0.15) is 22.9 Å². The lowest BCUT2D eigenvalue weighted by molar-refractivity contribution is 0.856. The fourth-order valence-electron chi connectivity index (χ4n) is 7.74. The van der Waals surface area contributed by atoms with Gasteiger partial charge in [0.05, 0.1) is 23.5 Å². The van der Waals surface area contributed by atoms with Crippen LogP contribution in [0, 0.1) is 6.57 Å². The molecule has 0 radical (unpaired) electrons. The van der Waals surface area contributed by atoms with E-state index in [1.165, 1.54) is 21.8 Å². The number of hydrogen-bond acceptors (Lipinski definition) is 3. The maximum atomic E-state index is 7.82. The second-order valence-electron chi connectivity index (χ2n) is 13.1. The Morgan fingerprint density at radius 1 is 0.462 bits per heavy atom. The van der Waals surface area contributed by atoms with Crippen molar-refractivity contribution in [2.24, 2.45) is 0 Å². The van der Waals surface area contributed by atoms with E-state index in [1.54, 1.807) is 0 Å². The van der Waals surface area contributed by atoms with Crippen molar-refractivity contribution < 1.29 is 0 Å². The molecule has 5 nitrogen and oxygen atoms in total. The Balaban J connectivity index is 1.14. The molecule has 2 aromatic heterocycles. The maximum absolute atomic E-state index is 7.82. The van der Waals surface area contributed by atoms with Crippen LogP contribution in [0.5, 0.6) is 0 Å². The minimum Gasteiger partial charge on any atom is -0.309 e. The first kappa shape index (κ1) is 29.7. The van der Waals surface area contributed by atoms with Crippen molar-refractivity contribution in [1.29, 1.82) is 0 Å². The van der Waals surface area contributed by atoms with Crippen molar-refractivity contribution in [3.8, 4) is 50.7 Å². The van der Waals surface area contributed by atoms with Gasteiger partial charge in [0, 0.05) is 27.6 Å². The minimum atomic E-state index is -0.226. The molecule has 1 aliphatic carbocycles. The molecule has 1 aliphatic rings. The van der Waals surface area contributed by atoms with Crippen LogP contribution >= 0.6 is 0 Å². The summed E-state index contributed by atoms with van der Waals surface area (Å²) >= 11 is 0. The molecule has 52 heavy (non-hydrogen) atoms. The van der Waals surface area contributed by atoms with E-state index in [0.29, 0.717) is 23.2 Å². The predicted octanol–water partition coefficient (Wildman–Crippen LogP) is 11.7. The molecule has 0 fully saturated rings. The van der Waals surface area contributed by atoms with Crippen molar-refractivity contribution in [3.05, 3.63) is 198 Å². The van der Waals surface area contributed by atoms with Crippen LogP contribution in [0.15, 0.2) is 170 Å². The molecule has 0 aliphatic heterocycles. The van der Waals surface area contributed by atoms with Crippen LogP contribution in [-0.4, -0.2) is 19.5 Å². The zero-order chi connectivity index (χ0) is 34.6. The first-order chi connectivity index (χ1) is 25.7. The molecule has 10 rings (SSSR count). The first-order valence-electron chi connectivity index (χ1n) is 17.3. The lowest BCUT2D eigenvalue weighted by atomic mass is 9.94. The Bertz CT molecular complexity index is 2760. The number of rotatable bonds is 5. The highest BCUT2D eigenvalue weighted by Crippen LogP contribution is 2.50. The van der Waals surface area contributed by atoms with E-state index in [-0.39, 0.29) is 5.92 Å². The second kappa shape index (κ2) is 12.0. The summed E-state index contributed by atoms with van der Waals surface area (Å²) in [6, 6.07) is 58.8. The number of aromatic nitrogens is 4. The Kier molecular flexibility index (Phi) is 6.87. The van der Waals surface area contributed by atoms with Gasteiger partial charge in [0.2, 0.25) is 0 Å². The van der Waals surface area contributed by atoms with Crippen LogP contribution in [0.4, 0.5) is 5.69 Å². The highest BCUT2D eigenvalue weighted by atomic mass is 15.0. The molecule has 0 bridgehead atoms. The molecule has 0 saturated heterocycles. The van der Waals surface area contributed by atoms with Gasteiger partial charge in [0.1, 0.15) is 5.82 Å². The third kappa shape index (κ3) is 4.81. The van der Waals surface area contributed by atoms with Crippen LogP contribution in [0.2, 0.25) is 0 Å². The van der Waals surface area contributed by atoms with Crippen molar-refractivity contribution >= 4 is 27.5 Å². The molecule has 1 unspecified atom stereocenters. The molecule has 2 heterocycles. The molecule has 242 valence electrons. The van der Waals surface area contributed by atoms with Gasteiger partial charge in [0.25, 0.3) is 0 Å². The van der Waals surface area contributed by atoms with E-state index in [0.717, 1.165) is 50.2 Å². The Morgan fingerprint density at radius 2 is 1.00 bits per heavy atom. The van der Waals surface area contributed by atoms with E-state index < -0.39 is 0 Å². The summed E-state index contributed by atoms with van der Waals surface area (Å²) < 4.78 is 2.35. The number of para-hydroxylation sites is 2. The van der Waals surface area contributed by atoms with Crippen LogP contribution < -0.4 is 0 Å². The van der Waals surface area contributed by atoms with Crippen LogP contribution in [-0.2, 0) is 0 Å². The lowest BCUT2D eigenvalue weighted by Gasteiger charge is -2.16. The van der Waals surface area contributed by atoms with Crippen molar-refractivity contribution in [1.82, 2.24) is 19.5 Å². The standard InChI is InChI=1S/C47H29N5/c1-48-34-24-26-39-41(29-34)40-28-33(32-17-12-18-35(27-32)52-42-21-10-8-19-36(42)37-20-9-11-22-43(37)52)23-25-38(40)44(39)47-50-45(30-13-4-2-5-14-30)49-46(51-47)31-15-6-3-7-16-31/h2-29,44H. The molecule has 5 heteroatoms. The van der Waals surface area contributed by atoms with Gasteiger partial charge >= 0.3 is 0 Å². The van der Waals surface area contributed by atoms with E-state index in [1.807, 2.05) is 72.8 Å². The molecular weight excluding hydrogens is 635 g/mol. The fraction of sp³-hybridized carbons (Fsp3) is 0.0213. The number of benzene rings is 7. The SMILES string of the molecule is [C-]#[N+]c1ccc2c(c1)-c1cc(-c3cccc(-n4c5ccccc5c5ccccc54)c3)ccc1C2c1nc(-c2ccccc2)nc(-c2ccccc2)n1. The zero-order valence-electron chi connectivity index (χ0n) is 28.0. The number of nitrogens with zero attached hydrogens (tertiary/aromatic N) is 5. The zero-order valence-corrected chi connectivity index (χ0v) is 28.0. The molecule has 1 atom stereocenters. The monoisotopic (exact) mass is 663 g/mol. The summed E-state index contributed by atoms with van der Waals surface area (Å²) in [4.78, 5) is 19.0. The predicted molar refractivity (Wildman–Crippen MR) is 210 cm³/mol. The van der Waals surface area contributed by atoms with Gasteiger partial charge in [-0.05, 0) is 69.8 Å². The maximum Gasteiger partial charge on any atom is 0.187 e. The summed E-state index contributed by atoms with van der Waals surface area (Å²) in [5.74, 6) is 1.73. The van der Waals surface area contributed by atoms with Gasteiger partial charge in [-0.3, -0.25) is 0 Å². The summed E-state index contributed by atoms with van der Waals surface area (Å²) in [6.07, 6.45) is 0. The quantitative estimate of drug-likeness (QED) is 0.172. The molecule has 9 aromatic rings. The van der Waals surface area contributed by atoms with E-state index >= 15 is 0 Å². The highest BCUT2D eigenvalue weighted by Gasteiger charge is 2.33. The molecule has 0 N–H and O–H groups in total. The fourth-order valence-corrected chi connectivity index (χ4v) is 7.74. The van der Waals surface area contributed by atoms with Gasteiger partial charge in [-0.15, -0.1) is 0 Å². The van der Waals surface area contributed by atoms with Crippen molar-refractivity contribution in [2.45, 2.75) is 5.92 Å². The van der Waals surface area contributed by atoms with Gasteiger partial charge in [-0.25, -0.2) is 19.8 Å². The second-order valence-corrected chi connectivity index (χ2v) is 13.1. The summed E-state index contributed by atoms with van der Waals surface area (Å²) in [7, 11) is 0. The Hall–Kier alpha value is -7.16. The number of fused-ring (bicyclic) bond motifs is 6. The van der Waals surface area contributed by atoms with Gasteiger partial charge < -0.3 is 4.57 Å². The summed E-state index contributed by atoms with van der Waals surface area (Å²) in [6.45, 7) is 7.82. The molecule has 0 spiro atoms. The number of hydrogen-bond donors (Lipinski definition) is 0. The smallest absolute Gasteiger partial charge is 0.187 e. The Morgan fingerprint density at radius 3 is 1.63 bits per heavy atom. The van der Waals surface area contributed by atoms with Crippen LogP contribution in [0.3, 0.4) is 0 Å². The average Bonchev–Trinajstić information content (AvgIpc) is 3.73.